The molecule has 2 aliphatic carbocycles. The van der Waals surface area contributed by atoms with Crippen LogP contribution >= 0.6 is 0 Å². The Hall–Kier alpha value is -1.04. The lowest BCUT2D eigenvalue weighted by molar-refractivity contribution is 0.888. The van der Waals surface area contributed by atoms with Crippen LogP contribution in [0.25, 0.3) is 5.57 Å². The highest BCUT2D eigenvalue weighted by molar-refractivity contribution is 5.80. The van der Waals surface area contributed by atoms with Crippen LogP contribution in [0.1, 0.15) is 24.0 Å². The molecule has 0 atom stereocenters. The molecule has 0 saturated heterocycles. The lowest BCUT2D eigenvalue weighted by atomic mass is 9.89. The minimum atomic E-state index is 1.24. The van der Waals surface area contributed by atoms with Gasteiger partial charge in [0.25, 0.3) is 0 Å². The maximum Gasteiger partial charge on any atom is -0.00549 e. The van der Waals surface area contributed by atoms with Crippen LogP contribution in [0.5, 0.6) is 0 Å². The Morgan fingerprint density at radius 1 is 1.00 bits per heavy atom. The molecule has 0 unspecified atom stereocenters. The van der Waals surface area contributed by atoms with Crippen LogP contribution in [0.2, 0.25) is 0 Å². The molecule has 0 spiro atoms. The first-order valence-electron chi connectivity index (χ1n) is 4.24. The van der Waals surface area contributed by atoms with Gasteiger partial charge < -0.3 is 0 Å². The Balaban J connectivity index is 2.25. The summed E-state index contributed by atoms with van der Waals surface area (Å²) in [7, 11) is 0. The van der Waals surface area contributed by atoms with E-state index in [-0.39, 0.29) is 0 Å². The predicted octanol–water partition coefficient (Wildman–Crippen LogP) is 2.79. The second-order valence-corrected chi connectivity index (χ2v) is 3.42. The van der Waals surface area contributed by atoms with Gasteiger partial charge in [-0.2, -0.15) is 0 Å². The normalized spacial score (nSPS) is 19.3. The molecule has 1 aromatic rings. The monoisotopic (exact) mass is 142 g/mol. The lowest BCUT2D eigenvalue weighted by Gasteiger charge is -2.16. The zero-order valence-electron chi connectivity index (χ0n) is 6.43. The van der Waals surface area contributed by atoms with E-state index in [9.17, 15) is 0 Å². The van der Waals surface area contributed by atoms with Gasteiger partial charge in [-0.15, -0.1) is 0 Å². The van der Waals surface area contributed by atoms with E-state index in [1.807, 2.05) is 0 Å². The van der Waals surface area contributed by atoms with Gasteiger partial charge in [0, 0.05) is 0 Å². The summed E-state index contributed by atoms with van der Waals surface area (Å²) in [5, 5.41) is 0. The number of benzene rings is 1. The number of fused-ring (bicyclic) bond motifs is 2. The van der Waals surface area contributed by atoms with Crippen molar-refractivity contribution in [2.24, 2.45) is 0 Å². The fourth-order valence-corrected chi connectivity index (χ4v) is 2.15. The average molecular weight is 142 g/mol. The summed E-state index contributed by atoms with van der Waals surface area (Å²) in [5.41, 5.74) is 6.44. The van der Waals surface area contributed by atoms with Crippen LogP contribution in [0.3, 0.4) is 0 Å². The van der Waals surface area contributed by atoms with Crippen molar-refractivity contribution in [3.05, 3.63) is 41.0 Å². The van der Waals surface area contributed by atoms with Gasteiger partial charge in [-0.05, 0) is 36.0 Å². The van der Waals surface area contributed by atoms with Crippen molar-refractivity contribution in [3.8, 4) is 0 Å². The zero-order chi connectivity index (χ0) is 7.26. The third-order valence-corrected chi connectivity index (χ3v) is 2.85. The molecule has 11 heavy (non-hydrogen) atoms. The first kappa shape index (κ1) is 5.59. The second kappa shape index (κ2) is 1.76. The van der Waals surface area contributed by atoms with Crippen molar-refractivity contribution in [1.82, 2.24) is 0 Å². The summed E-state index contributed by atoms with van der Waals surface area (Å²) in [6, 6.07) is 8.81. The lowest BCUT2D eigenvalue weighted by Crippen LogP contribution is -1.96. The molecular formula is C11H10. The molecule has 1 aromatic carbocycles. The van der Waals surface area contributed by atoms with Crippen LogP contribution in [0.4, 0.5) is 0 Å². The van der Waals surface area contributed by atoms with Crippen molar-refractivity contribution in [2.45, 2.75) is 19.3 Å². The van der Waals surface area contributed by atoms with Gasteiger partial charge in [0.1, 0.15) is 0 Å². The molecule has 0 radical (unpaired) electrons. The maximum absolute atomic E-state index is 2.26. The molecule has 0 N–H and O–H groups in total. The van der Waals surface area contributed by atoms with Crippen LogP contribution in [0.15, 0.2) is 29.8 Å². The summed E-state index contributed by atoms with van der Waals surface area (Å²) in [5.74, 6) is 0. The van der Waals surface area contributed by atoms with Crippen molar-refractivity contribution >= 4 is 5.57 Å². The van der Waals surface area contributed by atoms with E-state index in [1.54, 1.807) is 16.7 Å². The quantitative estimate of drug-likeness (QED) is 0.522. The molecule has 0 saturated carbocycles. The maximum atomic E-state index is 2.26. The third-order valence-electron chi connectivity index (χ3n) is 2.85. The Bertz CT molecular complexity index is 345. The van der Waals surface area contributed by atoms with Gasteiger partial charge in [0.15, 0.2) is 0 Å². The summed E-state index contributed by atoms with van der Waals surface area (Å²) >= 11 is 0. The first-order valence-corrected chi connectivity index (χ1v) is 4.24. The van der Waals surface area contributed by atoms with Gasteiger partial charge in [-0.3, -0.25) is 0 Å². The molecule has 0 amide bonds. The number of allylic oxidation sites excluding steroid dienone is 2. The third kappa shape index (κ3) is 0.597. The predicted molar refractivity (Wildman–Crippen MR) is 46.3 cm³/mol. The standard InChI is InChI=1S/C11H10/c1-2-4-10-8(3-1)7-9-5-6-11(9)10/h1-4H,5-7H2. The highest BCUT2D eigenvalue weighted by atomic mass is 14.3. The molecule has 0 aliphatic heterocycles. The molecule has 2 aliphatic rings. The van der Waals surface area contributed by atoms with E-state index in [1.165, 1.54) is 24.8 Å². The molecule has 0 fully saturated rings. The Morgan fingerprint density at radius 2 is 1.91 bits per heavy atom. The minimum absolute atomic E-state index is 1.24. The highest BCUT2D eigenvalue weighted by Gasteiger charge is 2.26. The van der Waals surface area contributed by atoms with Crippen molar-refractivity contribution in [3.63, 3.8) is 0 Å². The van der Waals surface area contributed by atoms with E-state index >= 15 is 0 Å². The van der Waals surface area contributed by atoms with Gasteiger partial charge in [-0.25, -0.2) is 0 Å². The summed E-state index contributed by atoms with van der Waals surface area (Å²) in [4.78, 5) is 0. The molecule has 0 bridgehead atoms. The summed E-state index contributed by atoms with van der Waals surface area (Å²) < 4.78 is 0. The Kier molecular flexibility index (Phi) is 0.894. The van der Waals surface area contributed by atoms with E-state index < -0.39 is 0 Å². The molecule has 0 heterocycles. The fraction of sp³-hybridized carbons (Fsp3) is 0.273. The number of hydrogen-bond acceptors (Lipinski definition) is 0. The molecule has 54 valence electrons. The SMILES string of the molecule is c1ccc2c(c1)CC1=C2CC1. The molecule has 0 nitrogen and oxygen atoms in total. The second-order valence-electron chi connectivity index (χ2n) is 3.42. The number of rotatable bonds is 0. The van der Waals surface area contributed by atoms with Crippen molar-refractivity contribution in [1.29, 1.82) is 0 Å². The fourth-order valence-electron chi connectivity index (χ4n) is 2.15. The van der Waals surface area contributed by atoms with E-state index in [2.05, 4.69) is 24.3 Å². The minimum Gasteiger partial charge on any atom is -0.0619 e. The van der Waals surface area contributed by atoms with Gasteiger partial charge in [0.2, 0.25) is 0 Å². The van der Waals surface area contributed by atoms with Crippen molar-refractivity contribution < 1.29 is 0 Å². The first-order chi connectivity index (χ1) is 5.45. The van der Waals surface area contributed by atoms with Crippen LogP contribution < -0.4 is 0 Å². The van der Waals surface area contributed by atoms with E-state index in [0.29, 0.717) is 0 Å². The average Bonchev–Trinajstić information content (AvgIpc) is 2.23. The van der Waals surface area contributed by atoms with E-state index in [4.69, 9.17) is 0 Å². The Morgan fingerprint density at radius 3 is 2.73 bits per heavy atom. The van der Waals surface area contributed by atoms with Gasteiger partial charge in [-0.1, -0.05) is 29.8 Å². The van der Waals surface area contributed by atoms with Crippen LogP contribution in [-0.4, -0.2) is 0 Å². The summed E-state index contributed by atoms with van der Waals surface area (Å²) in [6.07, 6.45) is 3.92. The van der Waals surface area contributed by atoms with Crippen molar-refractivity contribution in [2.75, 3.05) is 0 Å². The highest BCUT2D eigenvalue weighted by Crippen LogP contribution is 2.44. The van der Waals surface area contributed by atoms with E-state index in [0.717, 1.165) is 0 Å². The van der Waals surface area contributed by atoms with Gasteiger partial charge >= 0.3 is 0 Å². The zero-order valence-corrected chi connectivity index (χ0v) is 6.43. The van der Waals surface area contributed by atoms with Crippen LogP contribution in [0, 0.1) is 0 Å². The summed E-state index contributed by atoms with van der Waals surface area (Å²) in [6.45, 7) is 0. The Labute approximate surface area is 66.6 Å². The van der Waals surface area contributed by atoms with Gasteiger partial charge in [0.05, 0.1) is 0 Å². The number of hydrogen-bond donors (Lipinski definition) is 0. The molecule has 0 heteroatoms. The topological polar surface area (TPSA) is 0 Å². The largest absolute Gasteiger partial charge is 0.0619 e. The smallest absolute Gasteiger partial charge is 0.00549 e. The molecular weight excluding hydrogens is 132 g/mol. The van der Waals surface area contributed by atoms with Crippen LogP contribution in [-0.2, 0) is 6.42 Å². The molecule has 3 rings (SSSR count). The molecule has 0 aromatic heterocycles.